The lowest BCUT2D eigenvalue weighted by Crippen LogP contribution is -2.58. The number of hydrogen-bond donors (Lipinski definition) is 2. The summed E-state index contributed by atoms with van der Waals surface area (Å²) in [4.78, 5) is 2.44. The van der Waals surface area contributed by atoms with Crippen LogP contribution in [0.4, 0.5) is 5.69 Å². The number of anilines is 1. The van der Waals surface area contributed by atoms with Crippen molar-refractivity contribution in [2.24, 2.45) is 5.73 Å². The van der Waals surface area contributed by atoms with Gasteiger partial charge >= 0.3 is 0 Å². The van der Waals surface area contributed by atoms with Crippen molar-refractivity contribution in [2.45, 2.75) is 25.3 Å². The fourth-order valence-electron chi connectivity index (χ4n) is 2.62. The Morgan fingerprint density at radius 2 is 1.95 bits per heavy atom. The van der Waals surface area contributed by atoms with Gasteiger partial charge in [0.2, 0.25) is 0 Å². The minimum Gasteiger partial charge on any atom is -0.371 e. The third-order valence-corrected chi connectivity index (χ3v) is 4.00. The van der Waals surface area contributed by atoms with Crippen LogP contribution in [0, 0.1) is 0 Å². The fraction of sp³-hybridized carbons (Fsp3) is 0.500. The molecule has 104 valence electrons. The van der Waals surface area contributed by atoms with Crippen LogP contribution in [0.5, 0.6) is 0 Å². The minimum atomic E-state index is 0.0875. The molecule has 1 fully saturated rings. The largest absolute Gasteiger partial charge is 0.371 e. The number of para-hydroxylation sites is 1. The molecule has 1 aliphatic rings. The smallest absolute Gasteiger partial charge is 0.0366 e. The second kappa shape index (κ2) is 6.22. The maximum atomic E-state index is 6.00. The Kier molecular flexibility index (Phi) is 4.61. The van der Waals surface area contributed by atoms with Crippen LogP contribution in [0.3, 0.4) is 0 Å². The average molecular weight is 259 g/mol. The molecule has 0 bridgehead atoms. The van der Waals surface area contributed by atoms with Crippen molar-refractivity contribution in [3.8, 4) is 0 Å². The van der Waals surface area contributed by atoms with Gasteiger partial charge in [-0.15, -0.1) is 0 Å². The Labute approximate surface area is 116 Å². The molecule has 3 nitrogen and oxygen atoms in total. The first-order valence-electron chi connectivity index (χ1n) is 7.05. The number of hydrogen-bond acceptors (Lipinski definition) is 3. The maximum Gasteiger partial charge on any atom is 0.0366 e. The van der Waals surface area contributed by atoms with E-state index in [0.29, 0.717) is 6.54 Å². The quantitative estimate of drug-likeness (QED) is 0.796. The fourth-order valence-corrected chi connectivity index (χ4v) is 2.62. The highest BCUT2D eigenvalue weighted by Crippen LogP contribution is 2.25. The van der Waals surface area contributed by atoms with Gasteiger partial charge in [-0.25, -0.2) is 0 Å². The Balaban J connectivity index is 1.95. The molecule has 0 atom stereocenters. The standard InChI is InChI=1S/C16H25N3/c1-14(2)12-18-16(13-17)8-10-19(11-9-16)15-6-4-3-5-7-15/h3-7,18H,1,8-13,17H2,2H3. The Hall–Kier alpha value is -1.32. The lowest BCUT2D eigenvalue weighted by molar-refractivity contribution is 0.275. The van der Waals surface area contributed by atoms with Crippen LogP contribution in [0.1, 0.15) is 19.8 Å². The molecule has 0 unspecified atom stereocenters. The zero-order valence-corrected chi connectivity index (χ0v) is 11.9. The summed E-state index contributed by atoms with van der Waals surface area (Å²) in [6.45, 7) is 9.69. The Morgan fingerprint density at radius 1 is 1.32 bits per heavy atom. The van der Waals surface area contributed by atoms with Crippen molar-refractivity contribution >= 4 is 5.69 Å². The van der Waals surface area contributed by atoms with Gasteiger partial charge in [0.15, 0.2) is 0 Å². The highest BCUT2D eigenvalue weighted by molar-refractivity contribution is 5.46. The van der Waals surface area contributed by atoms with E-state index >= 15 is 0 Å². The molecular weight excluding hydrogens is 234 g/mol. The summed E-state index contributed by atoms with van der Waals surface area (Å²) < 4.78 is 0. The molecule has 0 radical (unpaired) electrons. The summed E-state index contributed by atoms with van der Waals surface area (Å²) in [5.41, 5.74) is 8.56. The lowest BCUT2D eigenvalue weighted by Gasteiger charge is -2.43. The number of nitrogens with two attached hydrogens (primary N) is 1. The first-order chi connectivity index (χ1) is 9.15. The van der Waals surface area contributed by atoms with E-state index in [1.807, 2.05) is 0 Å². The molecule has 1 aliphatic heterocycles. The van der Waals surface area contributed by atoms with Gasteiger partial charge in [-0.3, -0.25) is 0 Å². The number of rotatable bonds is 5. The van der Waals surface area contributed by atoms with Crippen molar-refractivity contribution in [1.29, 1.82) is 0 Å². The lowest BCUT2D eigenvalue weighted by atomic mass is 9.87. The van der Waals surface area contributed by atoms with Gasteiger partial charge in [-0.1, -0.05) is 30.4 Å². The van der Waals surface area contributed by atoms with E-state index in [4.69, 9.17) is 5.73 Å². The van der Waals surface area contributed by atoms with Crippen LogP contribution in [0.15, 0.2) is 42.5 Å². The average Bonchev–Trinajstić information content (AvgIpc) is 2.47. The topological polar surface area (TPSA) is 41.3 Å². The zero-order chi connectivity index (χ0) is 13.7. The highest BCUT2D eigenvalue weighted by atomic mass is 15.2. The molecule has 0 aliphatic carbocycles. The molecular formula is C16H25N3. The van der Waals surface area contributed by atoms with Crippen LogP contribution in [-0.4, -0.2) is 31.7 Å². The first kappa shape index (κ1) is 14.1. The van der Waals surface area contributed by atoms with Crippen molar-refractivity contribution < 1.29 is 0 Å². The monoisotopic (exact) mass is 259 g/mol. The molecule has 1 aromatic rings. The summed E-state index contributed by atoms with van der Waals surface area (Å²) in [5.74, 6) is 0. The van der Waals surface area contributed by atoms with Crippen molar-refractivity contribution in [1.82, 2.24) is 5.32 Å². The SMILES string of the molecule is C=C(C)CNC1(CN)CCN(c2ccccc2)CC1. The predicted molar refractivity (Wildman–Crippen MR) is 82.5 cm³/mol. The van der Waals surface area contributed by atoms with Gasteiger partial charge in [0, 0.05) is 37.4 Å². The summed E-state index contributed by atoms with van der Waals surface area (Å²) in [6, 6.07) is 10.6. The van der Waals surface area contributed by atoms with E-state index in [9.17, 15) is 0 Å². The van der Waals surface area contributed by atoms with Gasteiger partial charge in [-0.2, -0.15) is 0 Å². The van der Waals surface area contributed by atoms with E-state index in [0.717, 1.165) is 32.5 Å². The highest BCUT2D eigenvalue weighted by Gasteiger charge is 2.32. The van der Waals surface area contributed by atoms with E-state index in [1.54, 1.807) is 0 Å². The molecule has 3 N–H and O–H groups in total. The molecule has 3 heteroatoms. The van der Waals surface area contributed by atoms with Gasteiger partial charge < -0.3 is 16.0 Å². The molecule has 19 heavy (non-hydrogen) atoms. The van der Waals surface area contributed by atoms with E-state index in [2.05, 4.69) is 54.1 Å². The number of benzene rings is 1. The van der Waals surface area contributed by atoms with E-state index in [-0.39, 0.29) is 5.54 Å². The van der Waals surface area contributed by atoms with Crippen LogP contribution in [-0.2, 0) is 0 Å². The van der Waals surface area contributed by atoms with Gasteiger partial charge in [0.1, 0.15) is 0 Å². The van der Waals surface area contributed by atoms with Crippen LogP contribution in [0.2, 0.25) is 0 Å². The van der Waals surface area contributed by atoms with Gasteiger partial charge in [0.05, 0.1) is 0 Å². The van der Waals surface area contributed by atoms with Crippen molar-refractivity contribution in [3.63, 3.8) is 0 Å². The van der Waals surface area contributed by atoms with Gasteiger partial charge in [-0.05, 0) is 31.9 Å². The Morgan fingerprint density at radius 3 is 2.47 bits per heavy atom. The third-order valence-electron chi connectivity index (χ3n) is 4.00. The predicted octanol–water partition coefficient (Wildman–Crippen LogP) is 2.15. The molecule has 0 aromatic heterocycles. The summed E-state index contributed by atoms with van der Waals surface area (Å²) in [6.07, 6.45) is 2.18. The minimum absolute atomic E-state index is 0.0875. The first-order valence-corrected chi connectivity index (χ1v) is 7.05. The second-order valence-corrected chi connectivity index (χ2v) is 5.62. The summed E-state index contributed by atoms with van der Waals surface area (Å²) >= 11 is 0. The molecule has 1 heterocycles. The third kappa shape index (κ3) is 3.58. The summed E-state index contributed by atoms with van der Waals surface area (Å²) in [5, 5.41) is 3.61. The molecule has 0 amide bonds. The Bertz CT molecular complexity index is 405. The van der Waals surface area contributed by atoms with E-state index in [1.165, 1.54) is 11.3 Å². The van der Waals surface area contributed by atoms with E-state index < -0.39 is 0 Å². The van der Waals surface area contributed by atoms with Crippen LogP contribution < -0.4 is 16.0 Å². The molecule has 0 spiro atoms. The molecule has 1 aromatic carbocycles. The van der Waals surface area contributed by atoms with Crippen molar-refractivity contribution in [2.75, 3.05) is 31.1 Å². The zero-order valence-electron chi connectivity index (χ0n) is 11.9. The number of nitrogens with one attached hydrogen (secondary N) is 1. The molecule has 1 saturated heterocycles. The van der Waals surface area contributed by atoms with Crippen LogP contribution in [0.25, 0.3) is 0 Å². The number of piperidine rings is 1. The van der Waals surface area contributed by atoms with Gasteiger partial charge in [0.25, 0.3) is 0 Å². The number of nitrogens with zero attached hydrogens (tertiary/aromatic N) is 1. The van der Waals surface area contributed by atoms with Crippen LogP contribution >= 0.6 is 0 Å². The second-order valence-electron chi connectivity index (χ2n) is 5.62. The normalized spacial score (nSPS) is 18.3. The summed E-state index contributed by atoms with van der Waals surface area (Å²) in [7, 11) is 0. The maximum absolute atomic E-state index is 6.00. The molecule has 0 saturated carbocycles. The van der Waals surface area contributed by atoms with Crippen molar-refractivity contribution in [3.05, 3.63) is 42.5 Å². The molecule has 2 rings (SSSR count).